The quantitative estimate of drug-likeness (QED) is 0.491. The van der Waals surface area contributed by atoms with Gasteiger partial charge in [0, 0.05) is 29.0 Å². The maximum atomic E-state index is 13.0. The number of aryl methyl sites for hydroxylation is 3. The maximum absolute atomic E-state index is 13.0. The fourth-order valence-corrected chi connectivity index (χ4v) is 3.85. The van der Waals surface area contributed by atoms with Crippen molar-refractivity contribution in [3.8, 4) is 11.3 Å². The Balaban J connectivity index is 1.56. The van der Waals surface area contributed by atoms with Crippen LogP contribution in [0.5, 0.6) is 0 Å². The molecule has 0 bridgehead atoms. The number of aromatic nitrogens is 2. The van der Waals surface area contributed by atoms with E-state index in [1.807, 2.05) is 69.3 Å². The van der Waals surface area contributed by atoms with Gasteiger partial charge < -0.3 is 10.6 Å². The number of fused-ring (bicyclic) bond motifs is 1. The van der Waals surface area contributed by atoms with Crippen molar-refractivity contribution in [2.75, 3.05) is 11.9 Å². The van der Waals surface area contributed by atoms with Crippen molar-refractivity contribution in [2.45, 2.75) is 20.8 Å². The van der Waals surface area contributed by atoms with Gasteiger partial charge in [0.25, 0.3) is 5.91 Å². The Bertz CT molecular complexity index is 1290. The van der Waals surface area contributed by atoms with Crippen LogP contribution in [0.15, 0.2) is 67.0 Å². The third kappa shape index (κ3) is 4.49. The van der Waals surface area contributed by atoms with Crippen LogP contribution in [0.25, 0.3) is 22.2 Å². The molecule has 32 heavy (non-hydrogen) atoms. The fraction of sp³-hybridized carbons (Fsp3) is 0.154. The van der Waals surface area contributed by atoms with Crippen LogP contribution in [0, 0.1) is 20.8 Å². The minimum absolute atomic E-state index is 0.132. The number of nitrogens with zero attached hydrogens (tertiary/aromatic N) is 2. The normalized spacial score (nSPS) is 10.7. The summed E-state index contributed by atoms with van der Waals surface area (Å²) in [5.74, 6) is -0.604. The molecule has 0 aliphatic carbocycles. The number of pyridine rings is 2. The minimum atomic E-state index is -0.327. The molecule has 6 nitrogen and oxygen atoms in total. The summed E-state index contributed by atoms with van der Waals surface area (Å²) in [6.45, 7) is 5.80. The SMILES string of the molecule is Cc1cc(C)c(NC(=O)CNC(=O)c2cc(-c3ccncc3)nc3ccccc23)c(C)c1. The molecule has 0 saturated carbocycles. The summed E-state index contributed by atoms with van der Waals surface area (Å²) >= 11 is 0. The van der Waals surface area contributed by atoms with Gasteiger partial charge in [-0.2, -0.15) is 0 Å². The second kappa shape index (κ2) is 8.98. The van der Waals surface area contributed by atoms with Gasteiger partial charge in [-0.25, -0.2) is 4.98 Å². The zero-order valence-electron chi connectivity index (χ0n) is 18.3. The number of rotatable bonds is 5. The van der Waals surface area contributed by atoms with E-state index in [-0.39, 0.29) is 18.4 Å². The zero-order chi connectivity index (χ0) is 22.7. The summed E-state index contributed by atoms with van der Waals surface area (Å²) in [6.07, 6.45) is 3.37. The number of hydrogen-bond donors (Lipinski definition) is 2. The Labute approximate surface area is 186 Å². The van der Waals surface area contributed by atoms with Crippen molar-refractivity contribution in [3.63, 3.8) is 0 Å². The summed E-state index contributed by atoms with van der Waals surface area (Å²) in [5, 5.41) is 6.39. The Kier molecular flexibility index (Phi) is 5.94. The lowest BCUT2D eigenvalue weighted by Crippen LogP contribution is -2.33. The summed E-state index contributed by atoms with van der Waals surface area (Å²) in [7, 11) is 0. The summed E-state index contributed by atoms with van der Waals surface area (Å²) in [6, 6.07) is 16.9. The van der Waals surface area contributed by atoms with Crippen LogP contribution in [0.4, 0.5) is 5.69 Å². The molecule has 2 aromatic carbocycles. The molecule has 0 fully saturated rings. The lowest BCUT2D eigenvalue weighted by Gasteiger charge is -2.14. The number of amides is 2. The van der Waals surface area contributed by atoms with Gasteiger partial charge in [-0.1, -0.05) is 35.9 Å². The van der Waals surface area contributed by atoms with E-state index in [2.05, 4.69) is 20.6 Å². The van der Waals surface area contributed by atoms with Crippen molar-refractivity contribution < 1.29 is 9.59 Å². The number of para-hydroxylation sites is 1. The fourth-order valence-electron chi connectivity index (χ4n) is 3.85. The summed E-state index contributed by atoms with van der Waals surface area (Å²) in [4.78, 5) is 34.3. The Hall–Kier alpha value is -4.06. The monoisotopic (exact) mass is 424 g/mol. The van der Waals surface area contributed by atoms with Gasteiger partial charge in [0.2, 0.25) is 5.91 Å². The molecule has 2 amide bonds. The molecule has 0 aliphatic rings. The van der Waals surface area contributed by atoms with Crippen LogP contribution < -0.4 is 10.6 Å². The van der Waals surface area contributed by atoms with Gasteiger partial charge in [-0.15, -0.1) is 0 Å². The molecule has 160 valence electrons. The molecule has 2 heterocycles. The minimum Gasteiger partial charge on any atom is -0.343 e. The molecule has 0 aliphatic heterocycles. The van der Waals surface area contributed by atoms with Crippen molar-refractivity contribution in [1.29, 1.82) is 0 Å². The first-order valence-electron chi connectivity index (χ1n) is 10.4. The topological polar surface area (TPSA) is 84.0 Å². The molecule has 4 aromatic rings. The predicted octanol–water partition coefficient (Wildman–Crippen LogP) is 4.59. The van der Waals surface area contributed by atoms with Crippen LogP contribution in [-0.2, 0) is 4.79 Å². The Morgan fingerprint density at radius 1 is 0.906 bits per heavy atom. The number of carbonyl (C=O) groups is 2. The third-order valence-electron chi connectivity index (χ3n) is 5.29. The lowest BCUT2D eigenvalue weighted by molar-refractivity contribution is -0.115. The van der Waals surface area contributed by atoms with Gasteiger partial charge in [0.05, 0.1) is 23.3 Å². The van der Waals surface area contributed by atoms with Gasteiger partial charge in [0.15, 0.2) is 0 Å². The van der Waals surface area contributed by atoms with Crippen molar-refractivity contribution in [2.24, 2.45) is 0 Å². The van der Waals surface area contributed by atoms with Crippen molar-refractivity contribution >= 4 is 28.4 Å². The lowest BCUT2D eigenvalue weighted by atomic mass is 10.0. The smallest absolute Gasteiger partial charge is 0.252 e. The largest absolute Gasteiger partial charge is 0.343 e. The molecule has 0 unspecified atom stereocenters. The number of carbonyl (C=O) groups excluding carboxylic acids is 2. The molecule has 4 rings (SSSR count). The molecule has 0 atom stereocenters. The molecule has 0 radical (unpaired) electrons. The molecule has 2 N–H and O–H groups in total. The van der Waals surface area contributed by atoms with Gasteiger partial charge in [0.1, 0.15) is 0 Å². The molecule has 0 spiro atoms. The Morgan fingerprint density at radius 2 is 1.59 bits per heavy atom. The van der Waals surface area contributed by atoms with Gasteiger partial charge in [-0.3, -0.25) is 14.6 Å². The van der Waals surface area contributed by atoms with E-state index in [4.69, 9.17) is 0 Å². The second-order valence-corrected chi connectivity index (χ2v) is 7.81. The molecular formula is C26H24N4O2. The maximum Gasteiger partial charge on any atom is 0.252 e. The van der Waals surface area contributed by atoms with Crippen LogP contribution in [0.3, 0.4) is 0 Å². The predicted molar refractivity (Wildman–Crippen MR) is 127 cm³/mol. The van der Waals surface area contributed by atoms with E-state index >= 15 is 0 Å². The van der Waals surface area contributed by atoms with Gasteiger partial charge in [-0.05, 0) is 56.2 Å². The standard InChI is InChI=1S/C26H24N4O2/c1-16-12-17(2)25(18(3)13-16)30-24(31)15-28-26(32)21-14-23(19-8-10-27-11-9-19)29-22-7-5-4-6-20(21)22/h4-14H,15H2,1-3H3,(H,28,32)(H,30,31). The average molecular weight is 425 g/mol. The summed E-state index contributed by atoms with van der Waals surface area (Å²) in [5.41, 5.74) is 6.62. The van der Waals surface area contributed by atoms with E-state index in [1.165, 1.54) is 0 Å². The highest BCUT2D eigenvalue weighted by atomic mass is 16.2. The summed E-state index contributed by atoms with van der Waals surface area (Å²) < 4.78 is 0. The number of hydrogen-bond acceptors (Lipinski definition) is 4. The highest BCUT2D eigenvalue weighted by molar-refractivity contribution is 6.08. The highest BCUT2D eigenvalue weighted by Crippen LogP contribution is 2.25. The van der Waals surface area contributed by atoms with Crippen LogP contribution >= 0.6 is 0 Å². The molecular weight excluding hydrogens is 400 g/mol. The van der Waals surface area contributed by atoms with E-state index in [1.54, 1.807) is 18.5 Å². The number of anilines is 1. The Morgan fingerprint density at radius 3 is 2.31 bits per heavy atom. The first kappa shape index (κ1) is 21.2. The third-order valence-corrected chi connectivity index (χ3v) is 5.29. The van der Waals surface area contributed by atoms with E-state index < -0.39 is 0 Å². The number of nitrogens with one attached hydrogen (secondary N) is 2. The first-order valence-corrected chi connectivity index (χ1v) is 10.4. The zero-order valence-corrected chi connectivity index (χ0v) is 18.3. The number of benzene rings is 2. The first-order chi connectivity index (χ1) is 15.4. The average Bonchev–Trinajstić information content (AvgIpc) is 2.79. The van der Waals surface area contributed by atoms with E-state index in [9.17, 15) is 9.59 Å². The highest BCUT2D eigenvalue weighted by Gasteiger charge is 2.15. The van der Waals surface area contributed by atoms with Gasteiger partial charge >= 0.3 is 0 Å². The van der Waals surface area contributed by atoms with Crippen LogP contribution in [0.2, 0.25) is 0 Å². The molecule has 6 heteroatoms. The molecule has 0 saturated heterocycles. The van der Waals surface area contributed by atoms with Crippen LogP contribution in [-0.4, -0.2) is 28.3 Å². The van der Waals surface area contributed by atoms with E-state index in [0.717, 1.165) is 33.3 Å². The van der Waals surface area contributed by atoms with Crippen molar-refractivity contribution in [1.82, 2.24) is 15.3 Å². The van der Waals surface area contributed by atoms with Crippen molar-refractivity contribution in [3.05, 3.63) is 89.2 Å². The van der Waals surface area contributed by atoms with Crippen LogP contribution in [0.1, 0.15) is 27.0 Å². The molecule has 2 aromatic heterocycles. The second-order valence-electron chi connectivity index (χ2n) is 7.81. The van der Waals surface area contributed by atoms with E-state index in [0.29, 0.717) is 16.8 Å².